The molecule has 7 nitrogen and oxygen atoms in total. The summed E-state index contributed by atoms with van der Waals surface area (Å²) in [5.41, 5.74) is 1.99. The second-order valence-corrected chi connectivity index (χ2v) is 9.44. The molecule has 32 heavy (non-hydrogen) atoms. The summed E-state index contributed by atoms with van der Waals surface area (Å²) in [5, 5.41) is 14.7. The summed E-state index contributed by atoms with van der Waals surface area (Å²) >= 11 is 0. The second-order valence-electron chi connectivity index (χ2n) is 9.44. The molecule has 2 N–H and O–H groups in total. The van der Waals surface area contributed by atoms with Crippen LogP contribution < -0.4 is 10.6 Å². The van der Waals surface area contributed by atoms with Gasteiger partial charge in [0.2, 0.25) is 5.91 Å². The molecule has 1 saturated carbocycles. The Kier molecular flexibility index (Phi) is 5.36. The lowest BCUT2D eigenvalue weighted by Crippen LogP contribution is -2.32. The molecule has 3 atom stereocenters. The monoisotopic (exact) mass is 438 g/mol. The van der Waals surface area contributed by atoms with Crippen molar-refractivity contribution < 1.29 is 13.6 Å². The van der Waals surface area contributed by atoms with Crippen LogP contribution in [0, 0.1) is 17.8 Å². The number of ether oxygens (including phenoxy) is 1. The summed E-state index contributed by atoms with van der Waals surface area (Å²) in [4.78, 5) is 14.3. The van der Waals surface area contributed by atoms with Crippen LogP contribution in [0.25, 0.3) is 11.3 Å². The maximum atomic E-state index is 11.6. The first-order chi connectivity index (χ1) is 16.8. The summed E-state index contributed by atoms with van der Waals surface area (Å²) in [6.45, 7) is 2.84. The van der Waals surface area contributed by atoms with E-state index >= 15 is 0 Å². The maximum Gasteiger partial charge on any atom is 0.221 e. The first-order valence-electron chi connectivity index (χ1n) is 13.2. The number of nitrogens with zero attached hydrogens (tertiary/aromatic N) is 3. The van der Waals surface area contributed by atoms with Gasteiger partial charge in [0.25, 0.3) is 0 Å². The highest BCUT2D eigenvalue weighted by molar-refractivity contribution is 5.88. The fraction of sp³-hybridized carbons (Fsp3) is 0.560. The number of rotatable bonds is 6. The summed E-state index contributed by atoms with van der Waals surface area (Å²) in [6, 6.07) is 11.2. The Morgan fingerprint density at radius 2 is 1.84 bits per heavy atom. The van der Waals surface area contributed by atoms with Gasteiger partial charge < -0.3 is 20.3 Å². The molecule has 3 aliphatic rings. The molecule has 2 aromatic rings. The normalized spacial score (nSPS) is 27.9. The van der Waals surface area contributed by atoms with Gasteiger partial charge in [-0.05, 0) is 67.7 Å². The Bertz CT molecular complexity index is 995. The van der Waals surface area contributed by atoms with E-state index in [1.807, 2.05) is 12.1 Å². The summed E-state index contributed by atoms with van der Waals surface area (Å²) in [6.07, 6.45) is 4.77. The SMILES string of the molecule is [2H]C([2H])([2H])C(=O)Nc1ccc(-c2ccc(NC3C[C@@H]4CN(CC5CCOCC5)C[C@@H]4C3)nn2)cc1. The van der Waals surface area contributed by atoms with Gasteiger partial charge in [-0.2, -0.15) is 0 Å². The highest BCUT2D eigenvalue weighted by atomic mass is 16.5. The van der Waals surface area contributed by atoms with Gasteiger partial charge in [-0.15, -0.1) is 10.2 Å². The number of likely N-dealkylation sites (tertiary alicyclic amines) is 1. The van der Waals surface area contributed by atoms with Gasteiger partial charge >= 0.3 is 0 Å². The average Bonchev–Trinajstić information content (AvgIpc) is 3.38. The molecule has 0 radical (unpaired) electrons. The van der Waals surface area contributed by atoms with Crippen molar-refractivity contribution in [1.29, 1.82) is 0 Å². The Labute approximate surface area is 194 Å². The number of carbonyl (C=O) groups excluding carboxylic acids is 1. The lowest BCUT2D eigenvalue weighted by molar-refractivity contribution is -0.114. The van der Waals surface area contributed by atoms with E-state index in [1.165, 1.54) is 45.3 Å². The summed E-state index contributed by atoms with van der Waals surface area (Å²) in [7, 11) is 0. The van der Waals surface area contributed by atoms with Crippen molar-refractivity contribution in [2.75, 3.05) is 43.5 Å². The van der Waals surface area contributed by atoms with Crippen LogP contribution in [0.2, 0.25) is 0 Å². The van der Waals surface area contributed by atoms with E-state index in [2.05, 4.69) is 25.7 Å². The van der Waals surface area contributed by atoms with E-state index < -0.39 is 12.8 Å². The standard InChI is InChI=1S/C25H33N5O2/c1-17(31)26-22-4-2-19(3-5-22)24-6-7-25(29-28-24)27-23-12-20-15-30(16-21(20)13-23)14-18-8-10-32-11-9-18/h2-7,18,20-21,23H,8-16H2,1H3,(H,26,31)(H,27,29)/t20-,21+,23?/i1D3. The average molecular weight is 439 g/mol. The van der Waals surface area contributed by atoms with E-state index in [9.17, 15) is 4.79 Å². The number of nitrogens with one attached hydrogen (secondary N) is 2. The van der Waals surface area contributed by atoms with Gasteiger partial charge in [-0.3, -0.25) is 4.79 Å². The van der Waals surface area contributed by atoms with E-state index in [0.717, 1.165) is 48.0 Å². The van der Waals surface area contributed by atoms with Gasteiger partial charge in [0.1, 0.15) is 5.82 Å². The minimum absolute atomic E-state index is 0.430. The van der Waals surface area contributed by atoms with E-state index in [-0.39, 0.29) is 0 Å². The van der Waals surface area contributed by atoms with Gasteiger partial charge in [0.05, 0.1) is 5.69 Å². The zero-order chi connectivity index (χ0) is 24.4. The van der Waals surface area contributed by atoms with Crippen molar-refractivity contribution in [3.05, 3.63) is 36.4 Å². The van der Waals surface area contributed by atoms with Crippen molar-refractivity contribution in [3.8, 4) is 11.3 Å². The Balaban J connectivity index is 1.10. The number of carbonyl (C=O) groups is 1. The van der Waals surface area contributed by atoms with Crippen molar-refractivity contribution in [1.82, 2.24) is 15.1 Å². The summed E-state index contributed by atoms with van der Waals surface area (Å²) < 4.78 is 26.9. The Hall–Kier alpha value is -2.51. The molecular formula is C25H33N5O2. The van der Waals surface area contributed by atoms with Crippen LogP contribution in [-0.4, -0.2) is 59.9 Å². The number of benzene rings is 1. The van der Waals surface area contributed by atoms with Crippen molar-refractivity contribution in [2.45, 2.75) is 38.6 Å². The van der Waals surface area contributed by atoms with Crippen LogP contribution in [0.15, 0.2) is 36.4 Å². The number of aromatic nitrogens is 2. The van der Waals surface area contributed by atoms with Crippen LogP contribution in [0.3, 0.4) is 0 Å². The number of hydrogen-bond donors (Lipinski definition) is 2. The minimum Gasteiger partial charge on any atom is -0.381 e. The Morgan fingerprint density at radius 3 is 2.50 bits per heavy atom. The predicted octanol–water partition coefficient (Wildman–Crippen LogP) is 3.65. The highest BCUT2D eigenvalue weighted by Crippen LogP contribution is 2.39. The molecule has 2 saturated heterocycles. The van der Waals surface area contributed by atoms with Crippen molar-refractivity contribution >= 4 is 17.4 Å². The van der Waals surface area contributed by atoms with E-state index in [1.54, 1.807) is 24.3 Å². The number of hydrogen-bond acceptors (Lipinski definition) is 6. The lowest BCUT2D eigenvalue weighted by Gasteiger charge is -2.27. The first-order valence-corrected chi connectivity index (χ1v) is 11.7. The number of anilines is 2. The van der Waals surface area contributed by atoms with Crippen LogP contribution in [0.1, 0.15) is 36.6 Å². The van der Waals surface area contributed by atoms with Crippen LogP contribution >= 0.6 is 0 Å². The lowest BCUT2D eigenvalue weighted by atomic mass is 10.00. The third-order valence-electron chi connectivity index (χ3n) is 7.14. The van der Waals surface area contributed by atoms with Gasteiger partial charge in [0.15, 0.2) is 0 Å². The molecule has 3 heterocycles. The van der Waals surface area contributed by atoms with Crippen LogP contribution in [0.4, 0.5) is 11.5 Å². The van der Waals surface area contributed by atoms with Gasteiger partial charge in [-0.1, -0.05) is 12.1 Å². The van der Waals surface area contributed by atoms with E-state index in [4.69, 9.17) is 8.85 Å². The molecule has 1 unspecified atom stereocenters. The van der Waals surface area contributed by atoms with Crippen molar-refractivity contribution in [3.63, 3.8) is 0 Å². The number of amides is 1. The van der Waals surface area contributed by atoms with Gasteiger partial charge in [0, 0.05) is 61.1 Å². The molecule has 1 amide bonds. The first kappa shape index (κ1) is 18.0. The Morgan fingerprint density at radius 1 is 1.09 bits per heavy atom. The topological polar surface area (TPSA) is 79.4 Å². The molecule has 0 spiro atoms. The fourth-order valence-corrected chi connectivity index (χ4v) is 5.59. The molecule has 1 aromatic heterocycles. The zero-order valence-electron chi connectivity index (χ0n) is 21.3. The quantitative estimate of drug-likeness (QED) is 0.717. The van der Waals surface area contributed by atoms with Crippen LogP contribution in [0.5, 0.6) is 0 Å². The minimum atomic E-state index is -2.67. The molecule has 7 heteroatoms. The number of fused-ring (bicyclic) bond motifs is 1. The van der Waals surface area contributed by atoms with Crippen molar-refractivity contribution in [2.24, 2.45) is 17.8 Å². The molecule has 1 aliphatic carbocycles. The largest absolute Gasteiger partial charge is 0.381 e. The summed E-state index contributed by atoms with van der Waals surface area (Å²) in [5.74, 6) is 2.13. The molecule has 170 valence electrons. The predicted molar refractivity (Wildman–Crippen MR) is 125 cm³/mol. The molecule has 0 bridgehead atoms. The van der Waals surface area contributed by atoms with E-state index in [0.29, 0.717) is 11.7 Å². The van der Waals surface area contributed by atoms with Gasteiger partial charge in [-0.25, -0.2) is 0 Å². The molecular weight excluding hydrogens is 402 g/mol. The maximum absolute atomic E-state index is 11.6. The third kappa shape index (κ3) is 5.10. The smallest absolute Gasteiger partial charge is 0.221 e. The molecule has 1 aromatic carbocycles. The third-order valence-corrected chi connectivity index (χ3v) is 7.14. The van der Waals surface area contributed by atoms with Crippen LogP contribution in [-0.2, 0) is 9.53 Å². The second kappa shape index (κ2) is 9.55. The fourth-order valence-electron chi connectivity index (χ4n) is 5.59. The highest BCUT2D eigenvalue weighted by Gasteiger charge is 2.41. The molecule has 3 fully saturated rings. The zero-order valence-corrected chi connectivity index (χ0v) is 18.3. The molecule has 5 rings (SSSR count). The molecule has 2 aliphatic heterocycles.